The van der Waals surface area contributed by atoms with E-state index in [4.69, 9.17) is 27.8 Å². The summed E-state index contributed by atoms with van der Waals surface area (Å²) >= 11 is 13.0. The number of rotatable bonds is 12. The van der Waals surface area contributed by atoms with Crippen molar-refractivity contribution >= 4 is 62.4 Å². The number of carbonyl (C=O) groups excluding carboxylic acids is 1. The number of nitriles is 1. The Kier molecular flexibility index (Phi) is 11.5. The Morgan fingerprint density at radius 1 is 1.13 bits per heavy atom. The monoisotopic (exact) mass is 676 g/mol. The first-order valence-corrected chi connectivity index (χ1v) is 16.4. The van der Waals surface area contributed by atoms with Crippen LogP contribution in [0.3, 0.4) is 0 Å². The molecule has 3 rings (SSSR count). The molecule has 0 radical (unpaired) electrons. The number of amides is 1. The molecule has 1 amide bonds. The first-order chi connectivity index (χ1) is 21.0. The maximum atomic E-state index is 12.1. The van der Waals surface area contributed by atoms with Gasteiger partial charge in [-0.15, -0.1) is 10.2 Å². The minimum Gasteiger partial charge on any atom is -0.478 e. The van der Waals surface area contributed by atoms with Gasteiger partial charge in [0.25, 0.3) is 10.1 Å². The second-order valence-corrected chi connectivity index (χ2v) is 13.8. The fourth-order valence-corrected chi connectivity index (χ4v) is 5.96. The topological polar surface area (TPSA) is 187 Å². The summed E-state index contributed by atoms with van der Waals surface area (Å²) in [5.74, 6) is -1.84. The largest absolute Gasteiger partial charge is 0.478 e. The number of unbranched alkanes of at least 4 members (excludes halogenated alkanes) is 1. The van der Waals surface area contributed by atoms with Gasteiger partial charge < -0.3 is 10.4 Å². The number of carbonyl (C=O) groups is 2. The summed E-state index contributed by atoms with van der Waals surface area (Å²) in [5.41, 5.74) is 1.39. The molecule has 15 heteroatoms. The van der Waals surface area contributed by atoms with Crippen molar-refractivity contribution in [3.05, 3.63) is 62.8 Å². The van der Waals surface area contributed by atoms with Crippen molar-refractivity contribution in [1.29, 1.82) is 5.26 Å². The lowest BCUT2D eigenvalue weighted by molar-refractivity contribution is -0.114. The molecule has 0 spiro atoms. The SMILES string of the molecule is CCC(CCCCS(=O)(=O)O)c1ccc(N=Nc2c(C#N)c(C(C)(C)C)nn2-c2c(Cl)cc(C(=O)O)cc2Cl)c(NC(C)=O)c1. The number of carboxylic acid groups (broad SMARTS) is 1. The minimum absolute atomic E-state index is 0.00239. The van der Waals surface area contributed by atoms with Crippen molar-refractivity contribution in [2.24, 2.45) is 10.2 Å². The van der Waals surface area contributed by atoms with Crippen molar-refractivity contribution in [1.82, 2.24) is 9.78 Å². The minimum atomic E-state index is -4.03. The molecule has 1 atom stereocenters. The number of nitrogens with one attached hydrogen (secondary N) is 1. The molecule has 0 aliphatic heterocycles. The molecule has 2 aromatic carbocycles. The summed E-state index contributed by atoms with van der Waals surface area (Å²) in [5, 5.41) is 35.6. The predicted octanol–water partition coefficient (Wildman–Crippen LogP) is 7.97. The van der Waals surface area contributed by atoms with Crippen molar-refractivity contribution in [3.63, 3.8) is 0 Å². The molecule has 3 aromatic rings. The normalized spacial score (nSPS) is 12.7. The first-order valence-electron chi connectivity index (χ1n) is 14.0. The summed E-state index contributed by atoms with van der Waals surface area (Å²) < 4.78 is 32.4. The van der Waals surface area contributed by atoms with Crippen LogP contribution in [0.5, 0.6) is 0 Å². The highest BCUT2D eigenvalue weighted by molar-refractivity contribution is 7.85. The molecule has 240 valence electrons. The molecule has 1 aromatic heterocycles. The predicted molar refractivity (Wildman–Crippen MR) is 172 cm³/mol. The van der Waals surface area contributed by atoms with E-state index in [1.807, 2.05) is 33.8 Å². The van der Waals surface area contributed by atoms with Crippen LogP contribution >= 0.6 is 23.2 Å². The molecule has 0 bridgehead atoms. The maximum absolute atomic E-state index is 12.1. The molecule has 3 N–H and O–H groups in total. The second-order valence-electron chi connectivity index (χ2n) is 11.5. The highest BCUT2D eigenvalue weighted by atomic mass is 35.5. The summed E-state index contributed by atoms with van der Waals surface area (Å²) in [4.78, 5) is 23.6. The Balaban J connectivity index is 2.13. The van der Waals surface area contributed by atoms with E-state index >= 15 is 0 Å². The standard InChI is InChI=1S/C30H34Cl2N6O6S/c1-6-18(9-7-8-12-45(42,43)44)19-10-11-24(25(15-19)34-17(2)39)35-36-28-21(16-33)27(30(3,4)5)37-38(28)26-22(31)13-20(29(40)41)14-23(26)32/h10-11,13-15,18H,6-9,12H2,1-5H3,(H,34,39)(H,40,41)(H,42,43,44). The Morgan fingerprint density at radius 2 is 1.78 bits per heavy atom. The summed E-state index contributed by atoms with van der Waals surface area (Å²) in [7, 11) is -4.03. The van der Waals surface area contributed by atoms with Crippen LogP contribution in [0.2, 0.25) is 10.0 Å². The maximum Gasteiger partial charge on any atom is 0.335 e. The zero-order valence-electron chi connectivity index (χ0n) is 25.4. The quantitative estimate of drug-likeness (QED) is 0.0977. The summed E-state index contributed by atoms with van der Waals surface area (Å²) in [6.07, 6.45) is 2.30. The zero-order chi connectivity index (χ0) is 33.7. The number of azo groups is 1. The van der Waals surface area contributed by atoms with Gasteiger partial charge in [0.15, 0.2) is 5.82 Å². The third-order valence-corrected chi connectivity index (χ3v) is 8.29. The number of aromatic carboxylic acids is 1. The molecule has 12 nitrogen and oxygen atoms in total. The van der Waals surface area contributed by atoms with Crippen LogP contribution in [-0.4, -0.2) is 45.5 Å². The smallest absolute Gasteiger partial charge is 0.335 e. The number of benzene rings is 2. The number of aromatic nitrogens is 2. The van der Waals surface area contributed by atoms with E-state index in [-0.39, 0.29) is 55.9 Å². The van der Waals surface area contributed by atoms with Gasteiger partial charge in [-0.1, -0.05) is 63.4 Å². The Labute approximate surface area is 271 Å². The van der Waals surface area contributed by atoms with Crippen LogP contribution in [0.1, 0.15) is 93.4 Å². The van der Waals surface area contributed by atoms with E-state index in [1.54, 1.807) is 12.1 Å². The van der Waals surface area contributed by atoms with Crippen molar-refractivity contribution in [2.45, 2.75) is 71.6 Å². The van der Waals surface area contributed by atoms with Crippen molar-refractivity contribution < 1.29 is 27.7 Å². The van der Waals surface area contributed by atoms with Gasteiger partial charge in [-0.3, -0.25) is 9.35 Å². The number of hydrogen-bond acceptors (Lipinski definition) is 8. The third-order valence-electron chi connectivity index (χ3n) is 6.91. The van der Waals surface area contributed by atoms with Gasteiger partial charge in [0, 0.05) is 12.3 Å². The highest BCUT2D eigenvalue weighted by Gasteiger charge is 2.30. The highest BCUT2D eigenvalue weighted by Crippen LogP contribution is 2.40. The molecular weight excluding hydrogens is 643 g/mol. The molecule has 0 aliphatic rings. The third kappa shape index (κ3) is 9.11. The molecule has 45 heavy (non-hydrogen) atoms. The van der Waals surface area contributed by atoms with Crippen LogP contribution in [0.15, 0.2) is 40.6 Å². The Bertz CT molecular complexity index is 1770. The van der Waals surface area contributed by atoms with Gasteiger partial charge in [0.2, 0.25) is 5.91 Å². The van der Waals surface area contributed by atoms with Crippen LogP contribution in [-0.2, 0) is 20.3 Å². The van der Waals surface area contributed by atoms with Crippen LogP contribution in [0.25, 0.3) is 5.69 Å². The lowest BCUT2D eigenvalue weighted by Gasteiger charge is -2.17. The van der Waals surface area contributed by atoms with E-state index in [2.05, 4.69) is 26.7 Å². The number of halogens is 2. The summed E-state index contributed by atoms with van der Waals surface area (Å²) in [6.45, 7) is 8.93. The van der Waals surface area contributed by atoms with Crippen LogP contribution < -0.4 is 5.32 Å². The van der Waals surface area contributed by atoms with E-state index in [1.165, 1.54) is 23.7 Å². The fourth-order valence-electron chi connectivity index (χ4n) is 4.74. The lowest BCUT2D eigenvalue weighted by atomic mass is 9.90. The zero-order valence-corrected chi connectivity index (χ0v) is 27.8. The molecular formula is C30H34Cl2N6O6S. The van der Waals surface area contributed by atoms with Crippen LogP contribution in [0, 0.1) is 11.3 Å². The lowest BCUT2D eigenvalue weighted by Crippen LogP contribution is -2.14. The van der Waals surface area contributed by atoms with Gasteiger partial charge in [0.05, 0.1) is 32.7 Å². The number of anilines is 1. The van der Waals surface area contributed by atoms with Crippen LogP contribution in [0.4, 0.5) is 17.2 Å². The van der Waals surface area contributed by atoms with E-state index < -0.39 is 21.5 Å². The van der Waals surface area contributed by atoms with Crippen molar-refractivity contribution in [2.75, 3.05) is 11.1 Å². The summed E-state index contributed by atoms with van der Waals surface area (Å²) in [6, 6.07) is 9.85. The molecule has 0 saturated carbocycles. The van der Waals surface area contributed by atoms with Gasteiger partial charge in [-0.25, -0.2) is 9.48 Å². The Morgan fingerprint density at radius 3 is 2.29 bits per heavy atom. The van der Waals surface area contributed by atoms with E-state index in [9.17, 15) is 28.4 Å². The van der Waals surface area contributed by atoms with E-state index in [0.29, 0.717) is 30.6 Å². The Hall–Kier alpha value is -3.83. The van der Waals surface area contributed by atoms with Gasteiger partial charge in [-0.2, -0.15) is 18.8 Å². The molecule has 0 saturated heterocycles. The molecule has 1 heterocycles. The average molecular weight is 678 g/mol. The van der Waals surface area contributed by atoms with Crippen molar-refractivity contribution in [3.8, 4) is 11.8 Å². The average Bonchev–Trinajstić information content (AvgIpc) is 3.29. The fraction of sp³-hybridized carbons (Fsp3) is 0.400. The second kappa shape index (κ2) is 14.5. The van der Waals surface area contributed by atoms with Gasteiger partial charge in [-0.05, 0) is 55.0 Å². The van der Waals surface area contributed by atoms with Gasteiger partial charge in [0.1, 0.15) is 23.0 Å². The number of carboxylic acids is 1. The molecule has 1 unspecified atom stereocenters. The number of hydrogen-bond donors (Lipinski definition) is 3. The molecule has 0 fully saturated rings. The first kappa shape index (κ1) is 35.6. The van der Waals surface area contributed by atoms with E-state index in [0.717, 1.165) is 12.0 Å². The van der Waals surface area contributed by atoms with Gasteiger partial charge >= 0.3 is 5.97 Å². The number of nitrogens with zero attached hydrogens (tertiary/aromatic N) is 5. The molecule has 0 aliphatic carbocycles.